The van der Waals surface area contributed by atoms with Gasteiger partial charge < -0.3 is 9.47 Å². The second-order valence-electron chi connectivity index (χ2n) is 3.81. The van der Waals surface area contributed by atoms with Crippen LogP contribution in [0, 0.1) is 0 Å². The van der Waals surface area contributed by atoms with E-state index >= 15 is 0 Å². The smallest absolute Gasteiger partial charge is 0.164 e. The molecule has 0 saturated carbocycles. The average Bonchev–Trinajstić information content (AvgIpc) is 2.78. The van der Waals surface area contributed by atoms with Gasteiger partial charge in [-0.2, -0.15) is 0 Å². The average molecular weight is 227 g/mol. The second kappa shape index (κ2) is 4.97. The Balaban J connectivity index is 2.00. The van der Waals surface area contributed by atoms with Crippen molar-refractivity contribution in [1.82, 2.24) is 0 Å². The Morgan fingerprint density at radius 2 is 2.13 bits per heavy atom. The Bertz CT molecular complexity index is 302. The van der Waals surface area contributed by atoms with E-state index in [1.165, 1.54) is 5.56 Å². The van der Waals surface area contributed by atoms with Crippen molar-refractivity contribution in [2.24, 2.45) is 0 Å². The van der Waals surface area contributed by atoms with Gasteiger partial charge in [-0.15, -0.1) is 11.6 Å². The van der Waals surface area contributed by atoms with Gasteiger partial charge in [0, 0.05) is 5.92 Å². The monoisotopic (exact) mass is 226 g/mol. The van der Waals surface area contributed by atoms with Gasteiger partial charge in [-0.1, -0.05) is 37.3 Å². The highest BCUT2D eigenvalue weighted by Gasteiger charge is 2.30. The van der Waals surface area contributed by atoms with E-state index in [2.05, 4.69) is 19.1 Å². The standard InChI is InChI=1S/C12H15ClO2/c1-9(10-5-3-2-4-6-10)12-14-8-11(7-13)15-12/h2-6,9,11-12H,7-8H2,1H3/t9-,11+,12+/m1/s1. The summed E-state index contributed by atoms with van der Waals surface area (Å²) in [5.74, 6) is 0.747. The maximum absolute atomic E-state index is 5.72. The first-order chi connectivity index (χ1) is 7.31. The molecule has 0 amide bonds. The summed E-state index contributed by atoms with van der Waals surface area (Å²) in [7, 11) is 0. The van der Waals surface area contributed by atoms with Crippen LogP contribution in [0.25, 0.3) is 0 Å². The first-order valence-electron chi connectivity index (χ1n) is 5.19. The van der Waals surface area contributed by atoms with Gasteiger partial charge >= 0.3 is 0 Å². The van der Waals surface area contributed by atoms with Crippen LogP contribution in [0.15, 0.2) is 30.3 Å². The first kappa shape index (κ1) is 10.9. The van der Waals surface area contributed by atoms with Gasteiger partial charge in [-0.05, 0) is 5.56 Å². The molecule has 0 unspecified atom stereocenters. The van der Waals surface area contributed by atoms with Crippen LogP contribution in [0.3, 0.4) is 0 Å². The molecule has 1 heterocycles. The lowest BCUT2D eigenvalue weighted by Gasteiger charge is -2.18. The zero-order valence-electron chi connectivity index (χ0n) is 8.73. The summed E-state index contributed by atoms with van der Waals surface area (Å²) in [5.41, 5.74) is 1.23. The molecule has 1 aromatic carbocycles. The van der Waals surface area contributed by atoms with Crippen molar-refractivity contribution >= 4 is 11.6 Å². The maximum atomic E-state index is 5.72. The Morgan fingerprint density at radius 3 is 2.73 bits per heavy atom. The van der Waals surface area contributed by atoms with Gasteiger partial charge in [0.1, 0.15) is 0 Å². The predicted molar refractivity (Wildman–Crippen MR) is 60.2 cm³/mol. The largest absolute Gasteiger partial charge is 0.349 e. The summed E-state index contributed by atoms with van der Waals surface area (Å²) in [4.78, 5) is 0. The highest BCUT2D eigenvalue weighted by atomic mass is 35.5. The first-order valence-corrected chi connectivity index (χ1v) is 5.72. The molecule has 0 radical (unpaired) electrons. The van der Waals surface area contributed by atoms with E-state index < -0.39 is 0 Å². The molecular weight excluding hydrogens is 212 g/mol. The van der Waals surface area contributed by atoms with Crippen molar-refractivity contribution in [1.29, 1.82) is 0 Å². The van der Waals surface area contributed by atoms with E-state index in [0.29, 0.717) is 12.5 Å². The highest BCUT2D eigenvalue weighted by Crippen LogP contribution is 2.27. The molecule has 0 spiro atoms. The van der Waals surface area contributed by atoms with Crippen LogP contribution in [0.2, 0.25) is 0 Å². The Morgan fingerprint density at radius 1 is 1.40 bits per heavy atom. The molecule has 1 aliphatic rings. The summed E-state index contributed by atoms with van der Waals surface area (Å²) in [6, 6.07) is 10.2. The van der Waals surface area contributed by atoms with Gasteiger partial charge in [0.2, 0.25) is 0 Å². The number of hydrogen-bond donors (Lipinski definition) is 0. The van der Waals surface area contributed by atoms with E-state index in [0.717, 1.165) is 0 Å². The minimum Gasteiger partial charge on any atom is -0.349 e. The van der Waals surface area contributed by atoms with Crippen LogP contribution in [0.4, 0.5) is 0 Å². The van der Waals surface area contributed by atoms with Crippen LogP contribution in [0.1, 0.15) is 18.4 Å². The molecule has 0 N–H and O–H groups in total. The molecular formula is C12H15ClO2. The molecule has 1 aliphatic heterocycles. The fraction of sp³-hybridized carbons (Fsp3) is 0.500. The van der Waals surface area contributed by atoms with E-state index in [1.54, 1.807) is 0 Å². The fourth-order valence-corrected chi connectivity index (χ4v) is 1.89. The topological polar surface area (TPSA) is 18.5 Å². The molecule has 3 atom stereocenters. The zero-order valence-corrected chi connectivity index (χ0v) is 9.48. The molecule has 82 valence electrons. The Kier molecular flexibility index (Phi) is 3.62. The summed E-state index contributed by atoms with van der Waals surface area (Å²) >= 11 is 5.72. The number of alkyl halides is 1. The van der Waals surface area contributed by atoms with Gasteiger partial charge in [-0.25, -0.2) is 0 Å². The molecule has 2 rings (SSSR count). The summed E-state index contributed by atoms with van der Waals surface area (Å²) in [5, 5.41) is 0. The predicted octanol–water partition coefficient (Wildman–Crippen LogP) is 2.77. The van der Waals surface area contributed by atoms with Gasteiger partial charge in [0.25, 0.3) is 0 Å². The second-order valence-corrected chi connectivity index (χ2v) is 4.12. The van der Waals surface area contributed by atoms with E-state index in [4.69, 9.17) is 21.1 Å². The summed E-state index contributed by atoms with van der Waals surface area (Å²) < 4.78 is 11.2. The summed E-state index contributed by atoms with van der Waals surface area (Å²) in [6.07, 6.45) is -0.112. The molecule has 1 saturated heterocycles. The van der Waals surface area contributed by atoms with Crippen molar-refractivity contribution in [3.05, 3.63) is 35.9 Å². The minimum absolute atomic E-state index is 0.0443. The van der Waals surface area contributed by atoms with Crippen LogP contribution >= 0.6 is 11.6 Å². The quantitative estimate of drug-likeness (QED) is 0.738. The van der Waals surface area contributed by atoms with Crippen molar-refractivity contribution in [2.45, 2.75) is 25.2 Å². The van der Waals surface area contributed by atoms with Crippen LogP contribution in [0.5, 0.6) is 0 Å². The van der Waals surface area contributed by atoms with Crippen molar-refractivity contribution in [3.8, 4) is 0 Å². The number of rotatable bonds is 3. The normalized spacial score (nSPS) is 27.9. The molecule has 0 bridgehead atoms. The number of halogens is 1. The van der Waals surface area contributed by atoms with Crippen LogP contribution in [-0.2, 0) is 9.47 Å². The third kappa shape index (κ3) is 2.51. The molecule has 2 nitrogen and oxygen atoms in total. The van der Waals surface area contributed by atoms with E-state index in [9.17, 15) is 0 Å². The van der Waals surface area contributed by atoms with Crippen molar-refractivity contribution in [2.75, 3.05) is 12.5 Å². The number of benzene rings is 1. The Labute approximate surface area is 95.1 Å². The molecule has 1 fully saturated rings. The third-order valence-corrected chi connectivity index (χ3v) is 3.02. The van der Waals surface area contributed by atoms with Crippen molar-refractivity contribution in [3.63, 3.8) is 0 Å². The SMILES string of the molecule is C[C@H](c1ccccc1)[C@H]1OC[C@H](CCl)O1. The van der Waals surface area contributed by atoms with Gasteiger partial charge in [0.05, 0.1) is 18.6 Å². The van der Waals surface area contributed by atoms with Gasteiger partial charge in [-0.3, -0.25) is 0 Å². The maximum Gasteiger partial charge on any atom is 0.164 e. The molecule has 0 aliphatic carbocycles. The minimum atomic E-state index is -0.156. The van der Waals surface area contributed by atoms with Crippen LogP contribution in [-0.4, -0.2) is 24.9 Å². The third-order valence-electron chi connectivity index (χ3n) is 2.68. The number of ether oxygens (including phenoxy) is 2. The van der Waals surface area contributed by atoms with E-state index in [1.807, 2.05) is 18.2 Å². The molecule has 3 heteroatoms. The molecule has 15 heavy (non-hydrogen) atoms. The lowest BCUT2D eigenvalue weighted by atomic mass is 10.0. The van der Waals surface area contributed by atoms with E-state index in [-0.39, 0.29) is 18.3 Å². The summed E-state index contributed by atoms with van der Waals surface area (Å²) in [6.45, 7) is 2.71. The lowest BCUT2D eigenvalue weighted by Crippen LogP contribution is -2.19. The van der Waals surface area contributed by atoms with Crippen LogP contribution < -0.4 is 0 Å². The number of hydrogen-bond acceptors (Lipinski definition) is 2. The molecule has 1 aromatic rings. The fourth-order valence-electron chi connectivity index (χ4n) is 1.73. The van der Waals surface area contributed by atoms with Gasteiger partial charge in [0.15, 0.2) is 6.29 Å². The lowest BCUT2D eigenvalue weighted by molar-refractivity contribution is -0.0686. The zero-order chi connectivity index (χ0) is 10.7. The molecule has 0 aromatic heterocycles. The highest BCUT2D eigenvalue weighted by molar-refractivity contribution is 6.18. The Hall–Kier alpha value is -0.570. The van der Waals surface area contributed by atoms with Crippen molar-refractivity contribution < 1.29 is 9.47 Å².